The maximum absolute atomic E-state index is 12.0. The first kappa shape index (κ1) is 15.8. The van der Waals surface area contributed by atoms with Crippen LogP contribution in [0.15, 0.2) is 6.07 Å². The molecule has 2 rings (SSSR count). The number of hydrogen-bond acceptors (Lipinski definition) is 5. The molecule has 1 saturated heterocycles. The molecule has 0 aliphatic carbocycles. The molecular weight excluding hydrogens is 292 g/mol. The van der Waals surface area contributed by atoms with E-state index in [1.807, 2.05) is 19.9 Å². The number of nitrogens with one attached hydrogen (secondary N) is 1. The van der Waals surface area contributed by atoms with Crippen molar-refractivity contribution in [2.45, 2.75) is 26.2 Å². The molecule has 116 valence electrons. The second kappa shape index (κ2) is 6.07. The number of hydrogen-bond donors (Lipinski definition) is 1. The van der Waals surface area contributed by atoms with E-state index in [0.717, 1.165) is 29.9 Å². The topological polar surface area (TPSA) is 92.3 Å². The summed E-state index contributed by atoms with van der Waals surface area (Å²) in [6.45, 7) is 4.79. The average molecular weight is 312 g/mol. The zero-order chi connectivity index (χ0) is 15.6. The maximum Gasteiger partial charge on any atom is 0.237 e. The Bertz CT molecular complexity index is 625. The fourth-order valence-corrected chi connectivity index (χ4v) is 2.82. The number of aromatic nitrogens is 2. The van der Waals surface area contributed by atoms with Crippen LogP contribution in [0.5, 0.6) is 0 Å². The molecule has 1 aliphatic heterocycles. The zero-order valence-corrected chi connectivity index (χ0v) is 13.3. The molecule has 21 heavy (non-hydrogen) atoms. The quantitative estimate of drug-likeness (QED) is 0.842. The molecule has 1 amide bonds. The second-order valence-electron chi connectivity index (χ2n) is 5.43. The van der Waals surface area contributed by atoms with E-state index in [2.05, 4.69) is 14.7 Å². The summed E-state index contributed by atoms with van der Waals surface area (Å²) in [5, 5.41) is 0. The highest BCUT2D eigenvalue weighted by Gasteiger charge is 2.29. The van der Waals surface area contributed by atoms with Gasteiger partial charge in [0.25, 0.3) is 0 Å². The molecule has 1 aromatic heterocycles. The first-order chi connectivity index (χ1) is 9.74. The van der Waals surface area contributed by atoms with Gasteiger partial charge in [-0.25, -0.2) is 23.1 Å². The number of aryl methyl sites for hydroxylation is 2. The molecule has 8 heteroatoms. The van der Waals surface area contributed by atoms with Crippen molar-refractivity contribution in [1.29, 1.82) is 0 Å². The fourth-order valence-electron chi connectivity index (χ4n) is 2.44. The summed E-state index contributed by atoms with van der Waals surface area (Å²) in [7, 11) is -3.35. The van der Waals surface area contributed by atoms with Gasteiger partial charge in [0.1, 0.15) is 5.82 Å². The standard InChI is InChI=1S/C13H20N4O3S/c1-9-6-10(2)16-13(15-9)11-4-5-17(8-11)12(18)7-14-21(3,19)20/h6,11,14H,4-5,7-8H2,1-3H3/t11-/m0/s1. The summed E-state index contributed by atoms with van der Waals surface area (Å²) in [4.78, 5) is 22.5. The van der Waals surface area contributed by atoms with Gasteiger partial charge in [-0.3, -0.25) is 4.79 Å². The fraction of sp³-hybridized carbons (Fsp3) is 0.615. The minimum Gasteiger partial charge on any atom is -0.341 e. The Morgan fingerprint density at radius 1 is 1.38 bits per heavy atom. The van der Waals surface area contributed by atoms with Gasteiger partial charge >= 0.3 is 0 Å². The highest BCUT2D eigenvalue weighted by atomic mass is 32.2. The van der Waals surface area contributed by atoms with Crippen molar-refractivity contribution < 1.29 is 13.2 Å². The number of nitrogens with zero attached hydrogens (tertiary/aromatic N) is 3. The third kappa shape index (κ3) is 4.47. The van der Waals surface area contributed by atoms with Crippen molar-refractivity contribution in [3.05, 3.63) is 23.3 Å². The van der Waals surface area contributed by atoms with Gasteiger partial charge < -0.3 is 4.90 Å². The van der Waals surface area contributed by atoms with Crippen LogP contribution in [0, 0.1) is 13.8 Å². The molecule has 2 heterocycles. The molecule has 1 fully saturated rings. The van der Waals surface area contributed by atoms with E-state index in [1.165, 1.54) is 0 Å². The normalized spacial score (nSPS) is 19.0. The number of amides is 1. The van der Waals surface area contributed by atoms with E-state index < -0.39 is 10.0 Å². The molecule has 1 atom stereocenters. The first-order valence-corrected chi connectivity index (χ1v) is 8.68. The third-order valence-corrected chi connectivity index (χ3v) is 4.06. The summed E-state index contributed by atoms with van der Waals surface area (Å²) in [6.07, 6.45) is 1.84. The van der Waals surface area contributed by atoms with Crippen molar-refractivity contribution in [3.8, 4) is 0 Å². The lowest BCUT2D eigenvalue weighted by molar-refractivity contribution is -0.128. The highest BCUT2D eigenvalue weighted by Crippen LogP contribution is 2.24. The van der Waals surface area contributed by atoms with Gasteiger partial charge in [-0.2, -0.15) is 0 Å². The molecule has 0 spiro atoms. The van der Waals surface area contributed by atoms with Crippen molar-refractivity contribution in [2.24, 2.45) is 0 Å². The van der Waals surface area contributed by atoms with Crippen LogP contribution in [0.25, 0.3) is 0 Å². The van der Waals surface area contributed by atoms with Crippen LogP contribution in [0.2, 0.25) is 0 Å². The molecule has 1 aromatic rings. The van der Waals surface area contributed by atoms with E-state index in [9.17, 15) is 13.2 Å². The van der Waals surface area contributed by atoms with E-state index in [4.69, 9.17) is 0 Å². The molecule has 0 unspecified atom stereocenters. The van der Waals surface area contributed by atoms with Crippen LogP contribution in [0.1, 0.15) is 29.6 Å². The number of carbonyl (C=O) groups is 1. The van der Waals surface area contributed by atoms with Crippen LogP contribution >= 0.6 is 0 Å². The van der Waals surface area contributed by atoms with Crippen molar-refractivity contribution in [3.63, 3.8) is 0 Å². The van der Waals surface area contributed by atoms with Crippen molar-refractivity contribution in [1.82, 2.24) is 19.6 Å². The van der Waals surface area contributed by atoms with Crippen LogP contribution in [-0.2, 0) is 14.8 Å². The monoisotopic (exact) mass is 312 g/mol. The number of carbonyl (C=O) groups excluding carboxylic acids is 1. The van der Waals surface area contributed by atoms with Gasteiger partial charge in [-0.15, -0.1) is 0 Å². The largest absolute Gasteiger partial charge is 0.341 e. The Balaban J connectivity index is 1.98. The molecule has 0 aromatic carbocycles. The van der Waals surface area contributed by atoms with Crippen molar-refractivity contribution >= 4 is 15.9 Å². The lowest BCUT2D eigenvalue weighted by atomic mass is 10.1. The van der Waals surface area contributed by atoms with E-state index >= 15 is 0 Å². The van der Waals surface area contributed by atoms with Gasteiger partial charge in [-0.1, -0.05) is 0 Å². The predicted octanol–water partition coefficient (Wildman–Crippen LogP) is -0.0415. The molecule has 0 saturated carbocycles. The number of rotatable bonds is 4. The first-order valence-electron chi connectivity index (χ1n) is 6.79. The van der Waals surface area contributed by atoms with Gasteiger partial charge in [0.15, 0.2) is 0 Å². The summed E-state index contributed by atoms with van der Waals surface area (Å²) in [6, 6.07) is 1.91. The SMILES string of the molecule is Cc1cc(C)nc([C@H]2CCN(C(=O)CNS(C)(=O)=O)C2)n1. The molecule has 0 radical (unpaired) electrons. The summed E-state index contributed by atoms with van der Waals surface area (Å²) in [5.74, 6) is 0.664. The molecule has 1 aliphatic rings. The Kier molecular flexibility index (Phi) is 4.58. The minimum atomic E-state index is -3.35. The highest BCUT2D eigenvalue weighted by molar-refractivity contribution is 7.88. The third-order valence-electron chi connectivity index (χ3n) is 3.39. The van der Waals surface area contributed by atoms with E-state index in [-0.39, 0.29) is 18.4 Å². The van der Waals surface area contributed by atoms with E-state index in [0.29, 0.717) is 13.1 Å². The Morgan fingerprint density at radius 2 is 2.00 bits per heavy atom. The Labute approximate surface area is 124 Å². The second-order valence-corrected chi connectivity index (χ2v) is 7.26. The molecular formula is C13H20N4O3S. The summed E-state index contributed by atoms with van der Waals surface area (Å²) >= 11 is 0. The van der Waals surface area contributed by atoms with Crippen LogP contribution in [0.3, 0.4) is 0 Å². The molecule has 1 N–H and O–H groups in total. The van der Waals surface area contributed by atoms with E-state index in [1.54, 1.807) is 4.90 Å². The smallest absolute Gasteiger partial charge is 0.237 e. The Hall–Kier alpha value is -1.54. The Morgan fingerprint density at radius 3 is 2.57 bits per heavy atom. The predicted molar refractivity (Wildman–Crippen MR) is 78.3 cm³/mol. The minimum absolute atomic E-state index is 0.116. The van der Waals surface area contributed by atoms with Gasteiger partial charge in [0.2, 0.25) is 15.9 Å². The molecule has 0 bridgehead atoms. The molecule has 7 nitrogen and oxygen atoms in total. The lowest BCUT2D eigenvalue weighted by Gasteiger charge is -2.16. The summed E-state index contributed by atoms with van der Waals surface area (Å²) in [5.41, 5.74) is 1.84. The maximum atomic E-state index is 12.0. The van der Waals surface area contributed by atoms with Gasteiger partial charge in [0.05, 0.1) is 12.8 Å². The zero-order valence-electron chi connectivity index (χ0n) is 12.5. The number of likely N-dealkylation sites (tertiary alicyclic amines) is 1. The average Bonchev–Trinajstić information content (AvgIpc) is 2.83. The number of sulfonamides is 1. The summed E-state index contributed by atoms with van der Waals surface area (Å²) < 4.78 is 24.2. The van der Waals surface area contributed by atoms with Gasteiger partial charge in [-0.05, 0) is 26.3 Å². The van der Waals surface area contributed by atoms with Crippen molar-refractivity contribution in [2.75, 3.05) is 25.9 Å². The lowest BCUT2D eigenvalue weighted by Crippen LogP contribution is -2.38. The van der Waals surface area contributed by atoms with Crippen LogP contribution < -0.4 is 4.72 Å². The van der Waals surface area contributed by atoms with Crippen LogP contribution in [-0.4, -0.2) is 55.1 Å². The van der Waals surface area contributed by atoms with Crippen LogP contribution in [0.4, 0.5) is 0 Å². The van der Waals surface area contributed by atoms with Gasteiger partial charge in [0, 0.05) is 30.4 Å².